The lowest BCUT2D eigenvalue weighted by molar-refractivity contribution is 0.571. The topological polar surface area (TPSA) is 64.1 Å². The molecule has 0 bridgehead atoms. The van der Waals surface area contributed by atoms with Crippen LogP contribution >= 0.6 is 0 Å². The summed E-state index contributed by atoms with van der Waals surface area (Å²) < 4.78 is 4.97. The number of aromatic nitrogens is 1. The van der Waals surface area contributed by atoms with Gasteiger partial charge in [0.1, 0.15) is 6.26 Å². The zero-order chi connectivity index (χ0) is 7.56. The predicted molar refractivity (Wildman–Crippen MR) is 38.7 cm³/mol. The number of nitrogens with one attached hydrogen (secondary N) is 1. The number of nitrogens with zero attached hydrogens (tertiary/aromatic N) is 1. The highest BCUT2D eigenvalue weighted by molar-refractivity contribution is 5.20. The summed E-state index contributed by atoms with van der Waals surface area (Å²) >= 11 is 0. The fraction of sp³-hybridized carbons (Fsp3) is 0.500. The van der Waals surface area contributed by atoms with E-state index in [0.29, 0.717) is 6.01 Å². The number of hydrogen-bond donors (Lipinski definition) is 2. The van der Waals surface area contributed by atoms with Crippen molar-refractivity contribution < 1.29 is 4.42 Å². The van der Waals surface area contributed by atoms with E-state index in [0.717, 1.165) is 5.69 Å². The van der Waals surface area contributed by atoms with Crippen molar-refractivity contribution in [3.05, 3.63) is 12.0 Å². The molecule has 0 aliphatic heterocycles. The van der Waals surface area contributed by atoms with Gasteiger partial charge in [-0.2, -0.15) is 4.98 Å². The molecule has 4 heteroatoms. The number of hydrogen-bond acceptors (Lipinski definition) is 4. The highest BCUT2D eigenvalue weighted by Crippen LogP contribution is 2.11. The average Bonchev–Trinajstić information content (AvgIpc) is 2.34. The van der Waals surface area contributed by atoms with Crippen LogP contribution in [0.4, 0.5) is 6.01 Å². The number of nitrogens with two attached hydrogens (primary N) is 1. The van der Waals surface area contributed by atoms with E-state index < -0.39 is 0 Å². The van der Waals surface area contributed by atoms with Gasteiger partial charge in [0.2, 0.25) is 0 Å². The second kappa shape index (κ2) is 2.70. The van der Waals surface area contributed by atoms with Gasteiger partial charge in [0.15, 0.2) is 0 Å². The molecule has 1 atom stereocenters. The summed E-state index contributed by atoms with van der Waals surface area (Å²) in [7, 11) is 1.75. The van der Waals surface area contributed by atoms with Crippen LogP contribution in [0.15, 0.2) is 10.7 Å². The second-order valence-corrected chi connectivity index (χ2v) is 2.12. The van der Waals surface area contributed by atoms with Crippen LogP contribution in [0.5, 0.6) is 0 Å². The van der Waals surface area contributed by atoms with Crippen molar-refractivity contribution in [1.82, 2.24) is 4.98 Å². The number of rotatable bonds is 2. The first-order valence-electron chi connectivity index (χ1n) is 3.13. The van der Waals surface area contributed by atoms with Crippen molar-refractivity contribution in [3.63, 3.8) is 0 Å². The SMILES string of the molecule is CNc1nc(C(C)N)co1. The van der Waals surface area contributed by atoms with E-state index in [2.05, 4.69) is 10.3 Å². The van der Waals surface area contributed by atoms with Crippen LogP contribution < -0.4 is 11.1 Å². The van der Waals surface area contributed by atoms with Crippen LogP contribution in [-0.4, -0.2) is 12.0 Å². The van der Waals surface area contributed by atoms with Crippen LogP contribution in [0, 0.1) is 0 Å². The highest BCUT2D eigenvalue weighted by atomic mass is 16.4. The minimum Gasteiger partial charge on any atom is -0.432 e. The van der Waals surface area contributed by atoms with E-state index in [1.54, 1.807) is 13.3 Å². The Morgan fingerprint density at radius 1 is 1.80 bits per heavy atom. The van der Waals surface area contributed by atoms with Gasteiger partial charge in [0.25, 0.3) is 6.01 Å². The molecule has 0 saturated heterocycles. The normalized spacial score (nSPS) is 13.1. The van der Waals surface area contributed by atoms with Crippen molar-refractivity contribution >= 4 is 6.01 Å². The van der Waals surface area contributed by atoms with Gasteiger partial charge in [-0.25, -0.2) is 0 Å². The maximum absolute atomic E-state index is 5.53. The van der Waals surface area contributed by atoms with Crippen molar-refractivity contribution in [1.29, 1.82) is 0 Å². The minimum absolute atomic E-state index is 0.0640. The Labute approximate surface area is 59.4 Å². The Hall–Kier alpha value is -1.03. The highest BCUT2D eigenvalue weighted by Gasteiger charge is 2.04. The standard InChI is InChI=1S/C6H11N3O/c1-4(7)5-3-10-6(8-2)9-5/h3-4H,7H2,1-2H3,(H,8,9). The van der Waals surface area contributed by atoms with E-state index in [9.17, 15) is 0 Å². The fourth-order valence-electron chi connectivity index (χ4n) is 0.610. The molecular weight excluding hydrogens is 130 g/mol. The summed E-state index contributed by atoms with van der Waals surface area (Å²) in [5.74, 6) is 0. The van der Waals surface area contributed by atoms with Crippen LogP contribution in [0.25, 0.3) is 0 Å². The Kier molecular flexibility index (Phi) is 1.91. The molecule has 3 N–H and O–H groups in total. The van der Waals surface area contributed by atoms with Crippen LogP contribution in [0.2, 0.25) is 0 Å². The van der Waals surface area contributed by atoms with Gasteiger partial charge in [-0.3, -0.25) is 0 Å². The third kappa shape index (κ3) is 1.27. The summed E-state index contributed by atoms with van der Waals surface area (Å²) in [6.45, 7) is 1.86. The maximum Gasteiger partial charge on any atom is 0.294 e. The first kappa shape index (κ1) is 7.08. The van der Waals surface area contributed by atoms with Crippen LogP contribution in [-0.2, 0) is 0 Å². The molecule has 1 aromatic heterocycles. The number of anilines is 1. The van der Waals surface area contributed by atoms with Crippen molar-refractivity contribution in [2.45, 2.75) is 13.0 Å². The lowest BCUT2D eigenvalue weighted by Crippen LogP contribution is -2.05. The molecule has 56 valence electrons. The lowest BCUT2D eigenvalue weighted by Gasteiger charge is -1.94. The molecule has 0 aromatic carbocycles. The van der Waals surface area contributed by atoms with E-state index in [1.165, 1.54) is 0 Å². The van der Waals surface area contributed by atoms with Crippen molar-refractivity contribution in [2.24, 2.45) is 5.73 Å². The Balaban J connectivity index is 2.78. The van der Waals surface area contributed by atoms with Gasteiger partial charge in [0, 0.05) is 13.1 Å². The molecule has 4 nitrogen and oxygen atoms in total. The van der Waals surface area contributed by atoms with Crippen molar-refractivity contribution in [2.75, 3.05) is 12.4 Å². The molecule has 1 unspecified atom stereocenters. The summed E-state index contributed by atoms with van der Waals surface area (Å²) in [5.41, 5.74) is 6.30. The Morgan fingerprint density at radius 2 is 2.50 bits per heavy atom. The van der Waals surface area contributed by atoms with Gasteiger partial charge < -0.3 is 15.5 Å². The van der Waals surface area contributed by atoms with Crippen LogP contribution in [0.1, 0.15) is 18.7 Å². The van der Waals surface area contributed by atoms with E-state index in [4.69, 9.17) is 10.2 Å². The summed E-state index contributed by atoms with van der Waals surface area (Å²) in [4.78, 5) is 4.03. The first-order valence-corrected chi connectivity index (χ1v) is 3.13. The van der Waals surface area contributed by atoms with Gasteiger partial charge in [-0.15, -0.1) is 0 Å². The molecular formula is C6H11N3O. The van der Waals surface area contributed by atoms with E-state index in [-0.39, 0.29) is 6.04 Å². The molecule has 0 aliphatic carbocycles. The van der Waals surface area contributed by atoms with E-state index in [1.807, 2.05) is 6.92 Å². The smallest absolute Gasteiger partial charge is 0.294 e. The van der Waals surface area contributed by atoms with Gasteiger partial charge in [0.05, 0.1) is 5.69 Å². The molecule has 1 heterocycles. The Bertz CT molecular complexity index is 207. The monoisotopic (exact) mass is 141 g/mol. The molecule has 0 spiro atoms. The summed E-state index contributed by atoms with van der Waals surface area (Å²) in [5, 5.41) is 2.77. The largest absolute Gasteiger partial charge is 0.432 e. The molecule has 0 amide bonds. The third-order valence-electron chi connectivity index (χ3n) is 1.20. The van der Waals surface area contributed by atoms with Gasteiger partial charge in [-0.1, -0.05) is 0 Å². The molecule has 0 saturated carbocycles. The predicted octanol–water partition coefficient (Wildman–Crippen LogP) is 0.736. The van der Waals surface area contributed by atoms with E-state index >= 15 is 0 Å². The first-order chi connectivity index (χ1) is 4.74. The second-order valence-electron chi connectivity index (χ2n) is 2.12. The summed E-state index contributed by atoms with van der Waals surface area (Å²) in [6.07, 6.45) is 1.55. The zero-order valence-electron chi connectivity index (χ0n) is 6.09. The third-order valence-corrected chi connectivity index (χ3v) is 1.20. The quantitative estimate of drug-likeness (QED) is 0.637. The molecule has 0 aliphatic rings. The molecule has 1 rings (SSSR count). The lowest BCUT2D eigenvalue weighted by atomic mass is 10.3. The number of oxazole rings is 1. The van der Waals surface area contributed by atoms with Gasteiger partial charge in [-0.05, 0) is 6.92 Å². The maximum atomic E-state index is 5.53. The molecule has 10 heavy (non-hydrogen) atoms. The van der Waals surface area contributed by atoms with Crippen LogP contribution in [0.3, 0.4) is 0 Å². The van der Waals surface area contributed by atoms with Crippen molar-refractivity contribution in [3.8, 4) is 0 Å². The minimum atomic E-state index is -0.0640. The molecule has 1 aromatic rings. The zero-order valence-corrected chi connectivity index (χ0v) is 6.09. The Morgan fingerprint density at radius 3 is 2.80 bits per heavy atom. The van der Waals surface area contributed by atoms with Gasteiger partial charge >= 0.3 is 0 Å². The molecule has 0 fully saturated rings. The fourth-order valence-corrected chi connectivity index (χ4v) is 0.610. The molecule has 0 radical (unpaired) electrons. The summed E-state index contributed by atoms with van der Waals surface area (Å²) in [6, 6.07) is 0.443. The average molecular weight is 141 g/mol.